The molecular formula is C19H18N6. The van der Waals surface area contributed by atoms with Crippen LogP contribution in [-0.2, 0) is 12.8 Å². The second-order valence-electron chi connectivity index (χ2n) is 6.51. The van der Waals surface area contributed by atoms with E-state index in [1.807, 2.05) is 18.3 Å². The second kappa shape index (κ2) is 5.44. The van der Waals surface area contributed by atoms with Gasteiger partial charge in [0.05, 0.1) is 29.1 Å². The van der Waals surface area contributed by atoms with Gasteiger partial charge in [-0.3, -0.25) is 5.10 Å². The van der Waals surface area contributed by atoms with Gasteiger partial charge in [0.1, 0.15) is 11.6 Å². The molecule has 25 heavy (non-hydrogen) atoms. The first-order chi connectivity index (χ1) is 12.3. The molecule has 1 aromatic carbocycles. The van der Waals surface area contributed by atoms with E-state index >= 15 is 0 Å². The Balaban J connectivity index is 1.73. The van der Waals surface area contributed by atoms with Crippen molar-refractivity contribution in [3.8, 4) is 0 Å². The summed E-state index contributed by atoms with van der Waals surface area (Å²) in [5.74, 6) is 1.44. The predicted octanol–water partition coefficient (Wildman–Crippen LogP) is 3.71. The van der Waals surface area contributed by atoms with Crippen molar-refractivity contribution in [3.05, 3.63) is 47.8 Å². The molecule has 4 N–H and O–H groups in total. The lowest BCUT2D eigenvalue weighted by atomic mass is 9.88. The average Bonchev–Trinajstić information content (AvgIpc) is 3.12. The first kappa shape index (κ1) is 14.2. The summed E-state index contributed by atoms with van der Waals surface area (Å²) >= 11 is 0. The van der Waals surface area contributed by atoms with Crippen LogP contribution in [0.4, 0.5) is 17.3 Å². The lowest BCUT2D eigenvalue weighted by molar-refractivity contribution is 0.689. The molecule has 0 amide bonds. The number of aromatic amines is 1. The van der Waals surface area contributed by atoms with Crippen LogP contribution >= 0.6 is 0 Å². The van der Waals surface area contributed by atoms with Crippen molar-refractivity contribution in [1.29, 1.82) is 0 Å². The fraction of sp³-hybridized carbons (Fsp3) is 0.211. The lowest BCUT2D eigenvalue weighted by Gasteiger charge is -2.22. The number of fused-ring (bicyclic) bond motifs is 5. The maximum atomic E-state index is 5.68. The fourth-order valence-corrected chi connectivity index (χ4v) is 3.77. The highest BCUT2D eigenvalue weighted by molar-refractivity contribution is 6.07. The summed E-state index contributed by atoms with van der Waals surface area (Å²) in [6, 6.07) is 7.84. The summed E-state index contributed by atoms with van der Waals surface area (Å²) in [6.07, 6.45) is 8.17. The Hall–Kier alpha value is -3.15. The van der Waals surface area contributed by atoms with Gasteiger partial charge in [0.2, 0.25) is 0 Å². The maximum Gasteiger partial charge on any atom is 0.134 e. The quantitative estimate of drug-likeness (QED) is 0.521. The smallest absolute Gasteiger partial charge is 0.134 e. The highest BCUT2D eigenvalue weighted by atomic mass is 15.1. The molecule has 1 aliphatic rings. The molecule has 6 heteroatoms. The Morgan fingerprint density at radius 3 is 2.72 bits per heavy atom. The van der Waals surface area contributed by atoms with Crippen LogP contribution < -0.4 is 11.1 Å². The zero-order valence-corrected chi connectivity index (χ0v) is 13.7. The first-order valence-corrected chi connectivity index (χ1v) is 8.56. The van der Waals surface area contributed by atoms with Gasteiger partial charge in [0, 0.05) is 10.8 Å². The number of rotatable bonds is 2. The normalized spacial score (nSPS) is 13.9. The van der Waals surface area contributed by atoms with Crippen LogP contribution in [0.15, 0.2) is 36.7 Å². The van der Waals surface area contributed by atoms with Gasteiger partial charge in [-0.15, -0.1) is 0 Å². The van der Waals surface area contributed by atoms with E-state index in [9.17, 15) is 0 Å². The molecule has 3 aromatic heterocycles. The number of aryl methyl sites for hydroxylation is 1. The highest BCUT2D eigenvalue weighted by Gasteiger charge is 2.20. The number of H-pyrrole nitrogens is 1. The summed E-state index contributed by atoms with van der Waals surface area (Å²) in [5.41, 5.74) is 11.4. The lowest BCUT2D eigenvalue weighted by Crippen LogP contribution is -2.09. The fourth-order valence-electron chi connectivity index (χ4n) is 3.77. The van der Waals surface area contributed by atoms with Gasteiger partial charge in [-0.05, 0) is 61.1 Å². The van der Waals surface area contributed by atoms with Crippen LogP contribution in [0, 0.1) is 0 Å². The molecule has 0 aliphatic heterocycles. The summed E-state index contributed by atoms with van der Waals surface area (Å²) in [5, 5.41) is 13.1. The molecule has 124 valence electrons. The van der Waals surface area contributed by atoms with Crippen molar-refractivity contribution in [1.82, 2.24) is 20.2 Å². The number of hydrogen-bond acceptors (Lipinski definition) is 5. The minimum atomic E-state index is 0.515. The molecule has 0 radical (unpaired) electrons. The number of aromatic nitrogens is 4. The molecule has 0 unspecified atom stereocenters. The van der Waals surface area contributed by atoms with Crippen molar-refractivity contribution in [2.45, 2.75) is 25.7 Å². The predicted molar refractivity (Wildman–Crippen MR) is 100.0 cm³/mol. The van der Waals surface area contributed by atoms with Gasteiger partial charge >= 0.3 is 0 Å². The SMILES string of the molecule is Nc1ccc(Nc2nc3ccc4[nH]ncc4c3c3c2CCCC3)cn1. The third-order valence-corrected chi connectivity index (χ3v) is 4.94. The number of nitrogens with zero attached hydrogens (tertiary/aromatic N) is 3. The Labute approximate surface area is 144 Å². The Bertz CT molecular complexity index is 1080. The van der Waals surface area contributed by atoms with Gasteiger partial charge in [-0.2, -0.15) is 5.10 Å². The van der Waals surface area contributed by atoms with Crippen LogP contribution in [0.5, 0.6) is 0 Å². The Morgan fingerprint density at radius 2 is 1.88 bits per heavy atom. The molecular weight excluding hydrogens is 312 g/mol. The van der Waals surface area contributed by atoms with E-state index in [4.69, 9.17) is 10.7 Å². The average molecular weight is 330 g/mol. The van der Waals surface area contributed by atoms with Crippen molar-refractivity contribution in [2.24, 2.45) is 0 Å². The monoisotopic (exact) mass is 330 g/mol. The number of benzene rings is 1. The number of nitrogens with two attached hydrogens (primary N) is 1. The van der Waals surface area contributed by atoms with E-state index in [-0.39, 0.29) is 0 Å². The van der Waals surface area contributed by atoms with Gasteiger partial charge in [0.25, 0.3) is 0 Å². The number of anilines is 3. The standard InChI is InChI=1S/C19H18N6/c20-17-8-5-11(9-21-17)23-19-13-4-2-1-3-12(13)18-14-10-22-25-15(14)6-7-16(18)24-19/h5-10H,1-4H2,(H2,20,21)(H,22,25)(H,23,24). The molecule has 6 nitrogen and oxygen atoms in total. The van der Waals surface area contributed by atoms with Crippen molar-refractivity contribution < 1.29 is 0 Å². The summed E-state index contributed by atoms with van der Waals surface area (Å²) in [4.78, 5) is 9.08. The van der Waals surface area contributed by atoms with E-state index in [0.29, 0.717) is 5.82 Å². The van der Waals surface area contributed by atoms with Crippen LogP contribution in [0.3, 0.4) is 0 Å². The van der Waals surface area contributed by atoms with E-state index in [0.717, 1.165) is 40.8 Å². The van der Waals surface area contributed by atoms with E-state index < -0.39 is 0 Å². The molecule has 4 aromatic rings. The molecule has 0 saturated heterocycles. The molecule has 0 bridgehead atoms. The number of hydrogen-bond donors (Lipinski definition) is 3. The van der Waals surface area contributed by atoms with Crippen LogP contribution in [0.25, 0.3) is 21.8 Å². The van der Waals surface area contributed by atoms with E-state index in [1.54, 1.807) is 12.3 Å². The second-order valence-corrected chi connectivity index (χ2v) is 6.51. The molecule has 1 aliphatic carbocycles. The summed E-state index contributed by atoms with van der Waals surface area (Å²) < 4.78 is 0. The Kier molecular flexibility index (Phi) is 3.09. The number of nitrogen functional groups attached to an aromatic ring is 1. The molecule has 3 heterocycles. The number of pyridine rings is 2. The van der Waals surface area contributed by atoms with Gasteiger partial charge in [-0.1, -0.05) is 0 Å². The third-order valence-electron chi connectivity index (χ3n) is 4.94. The molecule has 0 atom stereocenters. The molecule has 5 rings (SSSR count). The van der Waals surface area contributed by atoms with Crippen molar-refractivity contribution >= 4 is 39.1 Å². The number of nitrogens with one attached hydrogen (secondary N) is 2. The van der Waals surface area contributed by atoms with Gasteiger partial charge < -0.3 is 11.1 Å². The van der Waals surface area contributed by atoms with E-state index in [2.05, 4.69) is 26.6 Å². The summed E-state index contributed by atoms with van der Waals surface area (Å²) in [7, 11) is 0. The topological polar surface area (TPSA) is 92.5 Å². The molecule has 0 saturated carbocycles. The minimum Gasteiger partial charge on any atom is -0.384 e. The zero-order chi connectivity index (χ0) is 16.8. The zero-order valence-electron chi connectivity index (χ0n) is 13.7. The Morgan fingerprint density at radius 1 is 1.00 bits per heavy atom. The third kappa shape index (κ3) is 2.29. The highest BCUT2D eigenvalue weighted by Crippen LogP contribution is 2.36. The van der Waals surface area contributed by atoms with Gasteiger partial charge in [-0.25, -0.2) is 9.97 Å². The minimum absolute atomic E-state index is 0.515. The summed E-state index contributed by atoms with van der Waals surface area (Å²) in [6.45, 7) is 0. The maximum absolute atomic E-state index is 5.68. The largest absolute Gasteiger partial charge is 0.384 e. The first-order valence-electron chi connectivity index (χ1n) is 8.56. The van der Waals surface area contributed by atoms with Crippen molar-refractivity contribution in [3.63, 3.8) is 0 Å². The van der Waals surface area contributed by atoms with Gasteiger partial charge in [0.15, 0.2) is 0 Å². The van der Waals surface area contributed by atoms with Crippen LogP contribution in [0.1, 0.15) is 24.0 Å². The van der Waals surface area contributed by atoms with Crippen LogP contribution in [0.2, 0.25) is 0 Å². The molecule has 0 fully saturated rings. The molecule has 0 spiro atoms. The van der Waals surface area contributed by atoms with Crippen molar-refractivity contribution in [2.75, 3.05) is 11.1 Å². The van der Waals surface area contributed by atoms with Crippen LogP contribution in [-0.4, -0.2) is 20.2 Å². The van der Waals surface area contributed by atoms with E-state index in [1.165, 1.54) is 29.4 Å².